The van der Waals surface area contributed by atoms with Crippen LogP contribution in [0.15, 0.2) is 0 Å². The van der Waals surface area contributed by atoms with Crippen LogP contribution < -0.4 is 5.32 Å². The number of carbonyl (C=O) groups is 1. The van der Waals surface area contributed by atoms with Crippen LogP contribution in [-0.2, 0) is 4.79 Å². The minimum absolute atomic E-state index is 0.238. The predicted octanol–water partition coefficient (Wildman–Crippen LogP) is 2.03. The molecule has 0 fully saturated rings. The molecule has 0 aliphatic heterocycles. The molecule has 8 heteroatoms. The highest BCUT2D eigenvalue weighted by atomic mass is 19.4. The highest BCUT2D eigenvalue weighted by molar-refractivity contribution is 5.84. The Balaban J connectivity index is 4.19. The molecule has 0 aromatic heterocycles. The Morgan fingerprint density at radius 3 is 2.06 bits per heavy atom. The van der Waals surface area contributed by atoms with Gasteiger partial charge in [-0.2, -0.15) is 22.0 Å². The molecule has 0 unspecified atom stereocenters. The summed E-state index contributed by atoms with van der Waals surface area (Å²) in [6, 6.07) is 0. The number of rotatable bonds is 7. The quantitative estimate of drug-likeness (QED) is 0.722. The van der Waals surface area contributed by atoms with Crippen LogP contribution >= 0.6 is 0 Å². The maximum absolute atomic E-state index is 12.5. The molecule has 1 N–H and O–H groups in total. The largest absolute Gasteiger partial charge is 0.463 e. The molecule has 0 atom stereocenters. The average Bonchev–Trinajstić information content (AvgIpc) is 2.26. The molecule has 0 spiro atoms. The summed E-state index contributed by atoms with van der Waals surface area (Å²) in [5.41, 5.74) is 0. The number of amides is 1. The van der Waals surface area contributed by atoms with Crippen LogP contribution in [0.2, 0.25) is 0 Å². The van der Waals surface area contributed by atoms with Crippen LogP contribution in [0.25, 0.3) is 0 Å². The van der Waals surface area contributed by atoms with E-state index in [2.05, 4.69) is 0 Å². The number of likely N-dealkylation sites (N-methyl/N-ethyl adjacent to an activating group) is 1. The van der Waals surface area contributed by atoms with E-state index >= 15 is 0 Å². The van der Waals surface area contributed by atoms with Crippen molar-refractivity contribution < 1.29 is 26.7 Å². The van der Waals surface area contributed by atoms with Gasteiger partial charge in [-0.3, -0.25) is 4.79 Å². The lowest BCUT2D eigenvalue weighted by molar-refractivity contribution is -0.269. The number of nitrogens with zero attached hydrogens (tertiary/aromatic N) is 1. The van der Waals surface area contributed by atoms with Crippen molar-refractivity contribution in [2.45, 2.75) is 32.4 Å². The number of alkyl halides is 5. The molecule has 0 heterocycles. The van der Waals surface area contributed by atoms with Gasteiger partial charge in [-0.1, -0.05) is 13.8 Å². The van der Waals surface area contributed by atoms with Gasteiger partial charge in [-0.25, -0.2) is 0 Å². The number of hydrogen-bond donors (Lipinski definition) is 1. The summed E-state index contributed by atoms with van der Waals surface area (Å²) in [7, 11) is 0. The maximum atomic E-state index is 12.5. The minimum Gasteiger partial charge on any atom is -0.349 e. The Kier molecular flexibility index (Phi) is 6.51. The predicted molar refractivity (Wildman–Crippen MR) is 56.4 cm³/mol. The highest BCUT2D eigenvalue weighted by Gasteiger charge is 2.63. The van der Waals surface area contributed by atoms with Crippen molar-refractivity contribution in [3.63, 3.8) is 0 Å². The molecule has 18 heavy (non-hydrogen) atoms. The van der Waals surface area contributed by atoms with E-state index in [0.29, 0.717) is 13.1 Å². The van der Waals surface area contributed by atoms with Gasteiger partial charge in [0, 0.05) is 13.1 Å². The summed E-state index contributed by atoms with van der Waals surface area (Å²) in [5.74, 6) is -7.64. The van der Waals surface area contributed by atoms with Gasteiger partial charge in [0.1, 0.15) is 0 Å². The smallest absolute Gasteiger partial charge is 0.349 e. The summed E-state index contributed by atoms with van der Waals surface area (Å²) in [4.78, 5) is 12.6. The topological polar surface area (TPSA) is 32.3 Å². The van der Waals surface area contributed by atoms with Crippen molar-refractivity contribution in [3.8, 4) is 0 Å². The molecule has 0 rings (SSSR count). The lowest BCUT2D eigenvalue weighted by atomic mass is 10.3. The second-order valence-corrected chi connectivity index (χ2v) is 3.76. The fourth-order valence-electron chi connectivity index (χ4n) is 1.31. The van der Waals surface area contributed by atoms with Crippen LogP contribution in [0.5, 0.6) is 0 Å². The number of carbonyl (C=O) groups excluding carboxylic acids is 1. The van der Waals surface area contributed by atoms with E-state index in [1.807, 2.05) is 18.7 Å². The first-order valence-corrected chi connectivity index (χ1v) is 5.62. The molecule has 0 saturated heterocycles. The zero-order valence-electron chi connectivity index (χ0n) is 10.3. The number of halogens is 5. The molecule has 0 radical (unpaired) electrons. The standard InChI is InChI=1S/C10H17F5N2O/c1-3-6-17(4-2)7-5-16-8(18)9(11,12)10(13,14)15/h3-7H2,1-2H3,(H,16,18). The summed E-state index contributed by atoms with van der Waals surface area (Å²) < 4.78 is 60.6. The van der Waals surface area contributed by atoms with Crippen molar-refractivity contribution in [3.05, 3.63) is 0 Å². The SMILES string of the molecule is CCCN(CC)CCNC(=O)C(F)(F)C(F)(F)F. The van der Waals surface area contributed by atoms with Crippen LogP contribution in [0, 0.1) is 0 Å². The van der Waals surface area contributed by atoms with Gasteiger partial charge in [0.2, 0.25) is 0 Å². The van der Waals surface area contributed by atoms with Crippen LogP contribution in [-0.4, -0.2) is 49.1 Å². The fourth-order valence-corrected chi connectivity index (χ4v) is 1.31. The van der Waals surface area contributed by atoms with Crippen molar-refractivity contribution in [2.75, 3.05) is 26.2 Å². The molecule has 0 aliphatic carbocycles. The fraction of sp³-hybridized carbons (Fsp3) is 0.900. The molecule has 0 aromatic carbocycles. The molecular formula is C10H17F5N2O. The van der Waals surface area contributed by atoms with Crippen LogP contribution in [0.1, 0.15) is 20.3 Å². The van der Waals surface area contributed by atoms with Crippen molar-refractivity contribution in [1.29, 1.82) is 0 Å². The second-order valence-electron chi connectivity index (χ2n) is 3.76. The van der Waals surface area contributed by atoms with E-state index in [0.717, 1.165) is 6.42 Å². The van der Waals surface area contributed by atoms with E-state index in [1.165, 1.54) is 0 Å². The Morgan fingerprint density at radius 2 is 1.67 bits per heavy atom. The van der Waals surface area contributed by atoms with Crippen LogP contribution in [0.4, 0.5) is 22.0 Å². The third-order valence-corrected chi connectivity index (χ3v) is 2.34. The van der Waals surface area contributed by atoms with Crippen molar-refractivity contribution >= 4 is 5.91 Å². The van der Waals surface area contributed by atoms with Crippen molar-refractivity contribution in [2.24, 2.45) is 0 Å². The Hall–Kier alpha value is -0.920. The zero-order chi connectivity index (χ0) is 14.4. The van der Waals surface area contributed by atoms with E-state index in [1.54, 1.807) is 5.32 Å². The summed E-state index contributed by atoms with van der Waals surface area (Å²) >= 11 is 0. The molecular weight excluding hydrogens is 259 g/mol. The summed E-state index contributed by atoms with van der Waals surface area (Å²) in [6.07, 6.45) is -5.02. The van der Waals surface area contributed by atoms with Gasteiger partial charge < -0.3 is 10.2 Å². The second kappa shape index (κ2) is 6.86. The first-order valence-electron chi connectivity index (χ1n) is 5.62. The van der Waals surface area contributed by atoms with Gasteiger partial charge in [0.05, 0.1) is 0 Å². The van der Waals surface area contributed by atoms with E-state index < -0.39 is 18.0 Å². The van der Waals surface area contributed by atoms with Gasteiger partial charge in [0.25, 0.3) is 5.91 Å². The van der Waals surface area contributed by atoms with E-state index in [4.69, 9.17) is 0 Å². The molecule has 3 nitrogen and oxygen atoms in total. The first-order chi connectivity index (χ1) is 8.16. The normalized spacial score (nSPS) is 12.9. The third kappa shape index (κ3) is 4.75. The zero-order valence-corrected chi connectivity index (χ0v) is 10.3. The van der Waals surface area contributed by atoms with Gasteiger partial charge in [-0.15, -0.1) is 0 Å². The average molecular weight is 276 g/mol. The Labute approximate surface area is 102 Å². The molecule has 0 aliphatic rings. The highest BCUT2D eigenvalue weighted by Crippen LogP contribution is 2.35. The van der Waals surface area contributed by atoms with Crippen LogP contribution in [0.3, 0.4) is 0 Å². The molecule has 108 valence electrons. The Morgan fingerprint density at radius 1 is 1.11 bits per heavy atom. The lowest BCUT2D eigenvalue weighted by Gasteiger charge is -2.22. The first kappa shape index (κ1) is 17.1. The molecule has 1 amide bonds. The summed E-state index contributed by atoms with van der Waals surface area (Å²) in [6.45, 7) is 5.09. The van der Waals surface area contributed by atoms with E-state index in [9.17, 15) is 26.7 Å². The van der Waals surface area contributed by atoms with E-state index in [-0.39, 0.29) is 13.1 Å². The molecule has 0 bridgehead atoms. The summed E-state index contributed by atoms with van der Waals surface area (Å²) in [5, 5.41) is 1.60. The molecule has 0 saturated carbocycles. The maximum Gasteiger partial charge on any atom is 0.463 e. The molecule has 0 aromatic rings. The Bertz CT molecular complexity index is 267. The van der Waals surface area contributed by atoms with Gasteiger partial charge in [0.15, 0.2) is 0 Å². The van der Waals surface area contributed by atoms with Gasteiger partial charge >= 0.3 is 12.1 Å². The monoisotopic (exact) mass is 276 g/mol. The number of nitrogens with one attached hydrogen (secondary N) is 1. The lowest BCUT2D eigenvalue weighted by Crippen LogP contribution is -2.51. The minimum atomic E-state index is -5.86. The van der Waals surface area contributed by atoms with Crippen molar-refractivity contribution in [1.82, 2.24) is 10.2 Å². The number of hydrogen-bond acceptors (Lipinski definition) is 2. The third-order valence-electron chi connectivity index (χ3n) is 2.34. The van der Waals surface area contributed by atoms with Gasteiger partial charge in [-0.05, 0) is 19.5 Å².